The molecule has 1 fully saturated rings. The fourth-order valence-corrected chi connectivity index (χ4v) is 3.53. The summed E-state index contributed by atoms with van der Waals surface area (Å²) < 4.78 is 0. The second kappa shape index (κ2) is 6.58. The van der Waals surface area contributed by atoms with Crippen LogP contribution in [0.5, 0.6) is 5.75 Å². The van der Waals surface area contributed by atoms with Crippen LogP contribution in [0.15, 0.2) is 41.4 Å². The number of hydrogen-bond donors (Lipinski definition) is 2. The van der Waals surface area contributed by atoms with Crippen molar-refractivity contribution in [3.63, 3.8) is 0 Å². The van der Waals surface area contributed by atoms with Crippen LogP contribution in [0.4, 0.5) is 17.1 Å². The predicted octanol–water partition coefficient (Wildman–Crippen LogP) is 3.82. The predicted molar refractivity (Wildman–Crippen MR) is 103 cm³/mol. The van der Waals surface area contributed by atoms with Gasteiger partial charge >= 0.3 is 0 Å². The summed E-state index contributed by atoms with van der Waals surface area (Å²) >= 11 is 6.18. The van der Waals surface area contributed by atoms with Crippen molar-refractivity contribution >= 4 is 34.5 Å². The topological polar surface area (TPSA) is 51.1 Å². The summed E-state index contributed by atoms with van der Waals surface area (Å²) in [6.45, 7) is 7.11. The molecular formula is C19H21ClN4O. The van der Waals surface area contributed by atoms with Crippen LogP contribution in [0.25, 0.3) is 0 Å². The highest BCUT2D eigenvalue weighted by molar-refractivity contribution is 6.31. The second-order valence-corrected chi connectivity index (χ2v) is 6.81. The first-order valence-electron chi connectivity index (χ1n) is 8.60. The van der Waals surface area contributed by atoms with Gasteiger partial charge in [-0.1, -0.05) is 18.5 Å². The molecule has 0 radical (unpaired) electrons. The van der Waals surface area contributed by atoms with E-state index in [2.05, 4.69) is 22.0 Å². The van der Waals surface area contributed by atoms with Crippen molar-refractivity contribution in [1.29, 1.82) is 0 Å². The molecule has 6 heteroatoms. The SMILES string of the molecule is CCN1CCN(C2=Nc3cc(Cl)ccc3Nc3ccc(O)cc32)CC1. The molecule has 0 bridgehead atoms. The Morgan fingerprint density at radius 1 is 1.08 bits per heavy atom. The summed E-state index contributed by atoms with van der Waals surface area (Å²) in [7, 11) is 0. The number of nitrogens with zero attached hydrogens (tertiary/aromatic N) is 3. The molecule has 4 rings (SSSR count). The summed E-state index contributed by atoms with van der Waals surface area (Å²) in [5.41, 5.74) is 3.59. The van der Waals surface area contributed by atoms with Gasteiger partial charge in [0.15, 0.2) is 0 Å². The smallest absolute Gasteiger partial charge is 0.138 e. The maximum atomic E-state index is 10.0. The quantitative estimate of drug-likeness (QED) is 0.763. The first kappa shape index (κ1) is 16.2. The Morgan fingerprint density at radius 2 is 1.84 bits per heavy atom. The molecule has 25 heavy (non-hydrogen) atoms. The van der Waals surface area contributed by atoms with Gasteiger partial charge in [0.2, 0.25) is 0 Å². The van der Waals surface area contributed by atoms with Crippen molar-refractivity contribution in [2.75, 3.05) is 38.0 Å². The number of benzene rings is 2. The minimum absolute atomic E-state index is 0.240. The Morgan fingerprint density at radius 3 is 2.60 bits per heavy atom. The lowest BCUT2D eigenvalue weighted by Crippen LogP contribution is -2.48. The van der Waals surface area contributed by atoms with Crippen molar-refractivity contribution in [1.82, 2.24) is 9.80 Å². The van der Waals surface area contributed by atoms with E-state index in [0.29, 0.717) is 5.02 Å². The zero-order chi connectivity index (χ0) is 17.4. The average molecular weight is 357 g/mol. The van der Waals surface area contributed by atoms with Crippen molar-refractivity contribution in [2.45, 2.75) is 6.92 Å². The molecule has 0 aliphatic carbocycles. The van der Waals surface area contributed by atoms with E-state index in [1.807, 2.05) is 24.3 Å². The summed E-state index contributed by atoms with van der Waals surface area (Å²) in [6.07, 6.45) is 0. The van der Waals surface area contributed by atoms with Crippen molar-refractivity contribution in [2.24, 2.45) is 4.99 Å². The van der Waals surface area contributed by atoms with Gasteiger partial charge in [0.25, 0.3) is 0 Å². The van der Waals surface area contributed by atoms with E-state index in [4.69, 9.17) is 16.6 Å². The Hall–Kier alpha value is -2.24. The minimum Gasteiger partial charge on any atom is -0.508 e. The van der Waals surface area contributed by atoms with Gasteiger partial charge in [-0.15, -0.1) is 0 Å². The molecule has 0 amide bonds. The molecular weight excluding hydrogens is 336 g/mol. The molecule has 130 valence electrons. The zero-order valence-corrected chi connectivity index (χ0v) is 14.9. The standard InChI is InChI=1S/C19H21ClN4O/c1-2-23-7-9-24(10-8-23)19-15-12-14(25)4-6-16(15)21-17-5-3-13(20)11-18(17)22-19/h3-6,11-12,21,25H,2,7-10H2,1H3. The van der Waals surface area contributed by atoms with Crippen molar-refractivity contribution in [3.05, 3.63) is 47.0 Å². The van der Waals surface area contributed by atoms with Crippen LogP contribution in [-0.4, -0.2) is 53.5 Å². The van der Waals surface area contributed by atoms with Crippen LogP contribution >= 0.6 is 11.6 Å². The summed E-state index contributed by atoms with van der Waals surface area (Å²) in [6, 6.07) is 11.0. The van der Waals surface area contributed by atoms with E-state index in [0.717, 1.165) is 61.2 Å². The number of phenols is 1. The molecule has 2 aliphatic heterocycles. The van der Waals surface area contributed by atoms with Crippen molar-refractivity contribution in [3.8, 4) is 5.75 Å². The molecule has 5 nitrogen and oxygen atoms in total. The van der Waals surface area contributed by atoms with Gasteiger partial charge in [0, 0.05) is 42.5 Å². The van der Waals surface area contributed by atoms with E-state index in [1.54, 1.807) is 12.1 Å². The van der Waals surface area contributed by atoms with Crippen LogP contribution in [0.3, 0.4) is 0 Å². The van der Waals surface area contributed by atoms with Gasteiger partial charge < -0.3 is 20.2 Å². The molecule has 0 unspecified atom stereocenters. The highest BCUT2D eigenvalue weighted by atomic mass is 35.5. The Bertz CT molecular complexity index is 828. The highest BCUT2D eigenvalue weighted by Gasteiger charge is 2.25. The fraction of sp³-hybridized carbons (Fsp3) is 0.316. The number of nitrogens with one attached hydrogen (secondary N) is 1. The number of rotatable bonds is 1. The maximum Gasteiger partial charge on any atom is 0.138 e. The third kappa shape index (κ3) is 3.17. The molecule has 2 aromatic carbocycles. The first-order chi connectivity index (χ1) is 12.1. The Labute approximate surface area is 152 Å². The second-order valence-electron chi connectivity index (χ2n) is 6.37. The molecule has 0 spiro atoms. The Balaban J connectivity index is 1.80. The van der Waals surface area contributed by atoms with Crippen LogP contribution in [-0.2, 0) is 0 Å². The molecule has 1 saturated heterocycles. The lowest BCUT2D eigenvalue weighted by Gasteiger charge is -2.36. The van der Waals surface area contributed by atoms with Crippen molar-refractivity contribution < 1.29 is 5.11 Å². The number of fused-ring (bicyclic) bond motifs is 2. The number of hydrogen-bond acceptors (Lipinski definition) is 5. The number of amidine groups is 1. The number of aliphatic imine (C=N–C) groups is 1. The largest absolute Gasteiger partial charge is 0.508 e. The third-order valence-electron chi connectivity index (χ3n) is 4.82. The number of likely N-dealkylation sites (N-methyl/N-ethyl adjacent to an activating group) is 1. The monoisotopic (exact) mass is 356 g/mol. The lowest BCUT2D eigenvalue weighted by molar-refractivity contribution is 0.190. The number of aromatic hydroxyl groups is 1. The van der Waals surface area contributed by atoms with E-state index in [-0.39, 0.29) is 5.75 Å². The summed E-state index contributed by atoms with van der Waals surface area (Å²) in [5.74, 6) is 1.12. The zero-order valence-electron chi connectivity index (χ0n) is 14.2. The molecule has 0 atom stereocenters. The lowest BCUT2D eigenvalue weighted by atomic mass is 10.1. The van der Waals surface area contributed by atoms with Gasteiger partial charge in [-0.25, -0.2) is 4.99 Å². The molecule has 2 heterocycles. The Kier molecular flexibility index (Phi) is 4.27. The van der Waals surface area contributed by atoms with Gasteiger partial charge in [-0.2, -0.15) is 0 Å². The van der Waals surface area contributed by atoms with E-state index >= 15 is 0 Å². The van der Waals surface area contributed by atoms with Gasteiger partial charge in [-0.05, 0) is 42.9 Å². The number of piperazine rings is 1. The van der Waals surface area contributed by atoms with Crippen LogP contribution < -0.4 is 5.32 Å². The maximum absolute atomic E-state index is 10.0. The first-order valence-corrected chi connectivity index (χ1v) is 8.98. The number of halogens is 1. The molecule has 2 aliphatic rings. The summed E-state index contributed by atoms with van der Waals surface area (Å²) in [5, 5.41) is 14.1. The van der Waals surface area contributed by atoms with Crippen LogP contribution in [0.2, 0.25) is 5.02 Å². The fourth-order valence-electron chi connectivity index (χ4n) is 3.37. The number of phenolic OH excluding ortho intramolecular Hbond substituents is 1. The highest BCUT2D eigenvalue weighted by Crippen LogP contribution is 2.37. The van der Waals surface area contributed by atoms with Gasteiger partial charge in [0.1, 0.15) is 11.6 Å². The van der Waals surface area contributed by atoms with E-state index < -0.39 is 0 Å². The van der Waals surface area contributed by atoms with Gasteiger partial charge in [0.05, 0.1) is 11.4 Å². The normalized spacial score (nSPS) is 17.2. The minimum atomic E-state index is 0.240. The summed E-state index contributed by atoms with van der Waals surface area (Å²) in [4.78, 5) is 9.65. The average Bonchev–Trinajstić information content (AvgIpc) is 2.78. The third-order valence-corrected chi connectivity index (χ3v) is 5.05. The molecule has 0 saturated carbocycles. The van der Waals surface area contributed by atoms with E-state index in [1.165, 1.54) is 0 Å². The molecule has 0 aromatic heterocycles. The molecule has 2 aromatic rings. The number of anilines is 2. The van der Waals surface area contributed by atoms with Gasteiger partial charge in [-0.3, -0.25) is 0 Å². The van der Waals surface area contributed by atoms with E-state index in [9.17, 15) is 5.11 Å². The molecule has 2 N–H and O–H groups in total. The van der Waals surface area contributed by atoms with Crippen LogP contribution in [0.1, 0.15) is 12.5 Å². The van der Waals surface area contributed by atoms with Crippen LogP contribution in [0, 0.1) is 0 Å².